The van der Waals surface area contributed by atoms with Crippen LogP contribution in [0.3, 0.4) is 0 Å². The number of nitrogens with one attached hydrogen (secondary N) is 1. The van der Waals surface area contributed by atoms with Crippen molar-refractivity contribution in [2.24, 2.45) is 0 Å². The van der Waals surface area contributed by atoms with Crippen LogP contribution >= 0.6 is 0 Å². The van der Waals surface area contributed by atoms with Gasteiger partial charge in [-0.25, -0.2) is 0 Å². The quantitative estimate of drug-likeness (QED) is 0.466. The molecular weight excluding hydrogens is 264 g/mol. The third-order valence-electron chi connectivity index (χ3n) is 2.01. The van der Waals surface area contributed by atoms with Gasteiger partial charge in [-0.3, -0.25) is 4.79 Å². The Labute approximate surface area is 107 Å². The highest BCUT2D eigenvalue weighted by Gasteiger charge is 2.17. The number of hydrogen-bond donors (Lipinski definition) is 2. The molecule has 108 valence electrons. The average molecular weight is 284 g/mol. The number of carboxylic acid groups (broad SMARTS) is 1. The van der Waals surface area contributed by atoms with Crippen molar-refractivity contribution in [2.75, 3.05) is 47.1 Å². The van der Waals surface area contributed by atoms with Crippen LogP contribution in [-0.2, 0) is 24.5 Å². The summed E-state index contributed by atoms with van der Waals surface area (Å²) in [5, 5.41) is 8.45. The van der Waals surface area contributed by atoms with Crippen molar-refractivity contribution in [1.82, 2.24) is 9.03 Å². The highest BCUT2D eigenvalue weighted by molar-refractivity contribution is 7.87. The van der Waals surface area contributed by atoms with Gasteiger partial charge in [0.05, 0.1) is 26.2 Å². The van der Waals surface area contributed by atoms with Crippen LogP contribution in [0.2, 0.25) is 0 Å². The molecule has 0 aromatic carbocycles. The molecule has 0 unspecified atom stereocenters. The zero-order chi connectivity index (χ0) is 14.0. The Bertz CT molecular complexity index is 332. The standard InChI is InChI=1S/C9H20N2O6S/c1-11(5-3-9(12)13)18(14,15)10-4-6-17-8-7-16-2/h10H,3-8H2,1-2H3,(H,12,13). The summed E-state index contributed by atoms with van der Waals surface area (Å²) in [6.07, 6.45) is -0.234. The van der Waals surface area contributed by atoms with Crippen LogP contribution in [0, 0.1) is 0 Å². The van der Waals surface area contributed by atoms with E-state index in [9.17, 15) is 13.2 Å². The van der Waals surface area contributed by atoms with E-state index >= 15 is 0 Å². The molecule has 0 bridgehead atoms. The molecule has 0 saturated carbocycles. The van der Waals surface area contributed by atoms with Crippen LogP contribution in [0.25, 0.3) is 0 Å². The van der Waals surface area contributed by atoms with E-state index in [1.54, 1.807) is 7.11 Å². The molecule has 0 aliphatic carbocycles. The highest BCUT2D eigenvalue weighted by atomic mass is 32.2. The number of carbonyl (C=O) groups is 1. The molecule has 9 heteroatoms. The van der Waals surface area contributed by atoms with Crippen molar-refractivity contribution in [2.45, 2.75) is 6.42 Å². The third-order valence-corrected chi connectivity index (χ3v) is 3.59. The summed E-state index contributed by atoms with van der Waals surface area (Å²) in [6, 6.07) is 0. The monoisotopic (exact) mass is 284 g/mol. The zero-order valence-corrected chi connectivity index (χ0v) is 11.4. The number of carboxylic acids is 1. The maximum atomic E-state index is 11.6. The molecule has 18 heavy (non-hydrogen) atoms. The predicted molar refractivity (Wildman–Crippen MR) is 64.5 cm³/mol. The second kappa shape index (κ2) is 9.22. The summed E-state index contributed by atoms with van der Waals surface area (Å²) in [7, 11) is -0.778. The normalized spacial score (nSPS) is 11.9. The first kappa shape index (κ1) is 17.3. The van der Waals surface area contributed by atoms with Crippen LogP contribution in [-0.4, -0.2) is 70.9 Å². The Hall–Kier alpha value is -0.740. The fourth-order valence-corrected chi connectivity index (χ4v) is 1.86. The molecule has 0 aliphatic heterocycles. The van der Waals surface area contributed by atoms with Crippen LogP contribution in [0.15, 0.2) is 0 Å². The molecule has 0 spiro atoms. The lowest BCUT2D eigenvalue weighted by atomic mass is 10.4. The molecule has 2 N–H and O–H groups in total. The molecule has 0 atom stereocenters. The first-order valence-corrected chi connectivity index (χ1v) is 6.83. The lowest BCUT2D eigenvalue weighted by Crippen LogP contribution is -2.40. The van der Waals surface area contributed by atoms with Gasteiger partial charge < -0.3 is 14.6 Å². The summed E-state index contributed by atoms with van der Waals surface area (Å²) in [6.45, 7) is 1.13. The van der Waals surface area contributed by atoms with E-state index in [0.29, 0.717) is 13.2 Å². The number of aliphatic carboxylic acids is 1. The predicted octanol–water partition coefficient (Wildman–Crippen LogP) is -1.11. The Morgan fingerprint density at radius 1 is 1.33 bits per heavy atom. The van der Waals surface area contributed by atoms with E-state index in [0.717, 1.165) is 4.31 Å². The lowest BCUT2D eigenvalue weighted by Gasteiger charge is -2.16. The number of hydrogen-bond acceptors (Lipinski definition) is 5. The Morgan fingerprint density at radius 2 is 2.00 bits per heavy atom. The number of rotatable bonds is 11. The van der Waals surface area contributed by atoms with E-state index in [2.05, 4.69) is 4.72 Å². The van der Waals surface area contributed by atoms with Crippen LogP contribution in [0.4, 0.5) is 0 Å². The molecule has 0 radical (unpaired) electrons. The van der Waals surface area contributed by atoms with Gasteiger partial charge in [-0.05, 0) is 0 Å². The van der Waals surface area contributed by atoms with Gasteiger partial charge in [0, 0.05) is 27.2 Å². The second-order valence-electron chi connectivity index (χ2n) is 3.47. The molecular formula is C9H20N2O6S. The van der Waals surface area contributed by atoms with Crippen molar-refractivity contribution in [1.29, 1.82) is 0 Å². The van der Waals surface area contributed by atoms with Gasteiger partial charge in [0.15, 0.2) is 0 Å². The van der Waals surface area contributed by atoms with Crippen molar-refractivity contribution in [3.8, 4) is 0 Å². The minimum absolute atomic E-state index is 0.0742. The van der Waals surface area contributed by atoms with Crippen LogP contribution in [0.5, 0.6) is 0 Å². The second-order valence-corrected chi connectivity index (χ2v) is 5.33. The van der Waals surface area contributed by atoms with Gasteiger partial charge in [0.2, 0.25) is 0 Å². The number of ether oxygens (including phenoxy) is 2. The van der Waals surface area contributed by atoms with Crippen LogP contribution in [0.1, 0.15) is 6.42 Å². The molecule has 0 aromatic rings. The minimum atomic E-state index is -3.64. The molecule has 8 nitrogen and oxygen atoms in total. The summed E-state index contributed by atoms with van der Waals surface area (Å²) in [5.41, 5.74) is 0. The van der Waals surface area contributed by atoms with Gasteiger partial charge in [-0.15, -0.1) is 0 Å². The lowest BCUT2D eigenvalue weighted by molar-refractivity contribution is -0.137. The maximum Gasteiger partial charge on any atom is 0.304 e. The van der Waals surface area contributed by atoms with Crippen molar-refractivity contribution in [3.05, 3.63) is 0 Å². The van der Waals surface area contributed by atoms with Gasteiger partial charge >= 0.3 is 5.97 Å². The smallest absolute Gasteiger partial charge is 0.304 e. The van der Waals surface area contributed by atoms with E-state index in [4.69, 9.17) is 14.6 Å². The minimum Gasteiger partial charge on any atom is -0.481 e. The third kappa shape index (κ3) is 8.37. The zero-order valence-electron chi connectivity index (χ0n) is 10.6. The van der Waals surface area contributed by atoms with E-state index in [-0.39, 0.29) is 26.1 Å². The molecule has 0 fully saturated rings. The van der Waals surface area contributed by atoms with E-state index < -0.39 is 16.2 Å². The first-order chi connectivity index (χ1) is 8.40. The highest BCUT2D eigenvalue weighted by Crippen LogP contribution is 1.95. The first-order valence-electron chi connectivity index (χ1n) is 5.39. The van der Waals surface area contributed by atoms with E-state index in [1.807, 2.05) is 0 Å². The van der Waals surface area contributed by atoms with Crippen molar-refractivity contribution < 1.29 is 27.8 Å². The fraction of sp³-hybridized carbons (Fsp3) is 0.889. The number of methoxy groups -OCH3 is 1. The SMILES string of the molecule is COCCOCCNS(=O)(=O)N(C)CCC(=O)O. The Balaban J connectivity index is 3.81. The summed E-state index contributed by atoms with van der Waals surface area (Å²) in [5.74, 6) is -1.04. The number of nitrogens with zero attached hydrogens (tertiary/aromatic N) is 1. The molecule has 0 rings (SSSR count). The van der Waals surface area contributed by atoms with Gasteiger partial charge in [0.25, 0.3) is 10.2 Å². The summed E-state index contributed by atoms with van der Waals surface area (Å²) >= 11 is 0. The van der Waals surface area contributed by atoms with E-state index in [1.165, 1.54) is 7.05 Å². The Morgan fingerprint density at radius 3 is 2.56 bits per heavy atom. The maximum absolute atomic E-state index is 11.6. The summed E-state index contributed by atoms with van der Waals surface area (Å²) < 4.78 is 36.2. The van der Waals surface area contributed by atoms with Crippen LogP contribution < -0.4 is 4.72 Å². The van der Waals surface area contributed by atoms with Crippen molar-refractivity contribution in [3.63, 3.8) is 0 Å². The largest absolute Gasteiger partial charge is 0.481 e. The topological polar surface area (TPSA) is 105 Å². The average Bonchev–Trinajstić information content (AvgIpc) is 2.30. The fourth-order valence-electron chi connectivity index (χ4n) is 0.971. The van der Waals surface area contributed by atoms with Gasteiger partial charge in [-0.1, -0.05) is 0 Å². The Kier molecular flexibility index (Phi) is 8.85. The molecule has 0 saturated heterocycles. The molecule has 0 amide bonds. The van der Waals surface area contributed by atoms with Gasteiger partial charge in [0.1, 0.15) is 0 Å². The molecule has 0 aromatic heterocycles. The summed E-state index contributed by atoms with van der Waals surface area (Å²) in [4.78, 5) is 10.3. The van der Waals surface area contributed by atoms with Crippen molar-refractivity contribution >= 4 is 16.2 Å². The molecule has 0 aliphatic rings. The molecule has 0 heterocycles. The van der Waals surface area contributed by atoms with Gasteiger partial charge in [-0.2, -0.15) is 17.4 Å².